The lowest BCUT2D eigenvalue weighted by Crippen LogP contribution is -2.17. The summed E-state index contributed by atoms with van der Waals surface area (Å²) in [6.45, 7) is 4.22. The van der Waals surface area contributed by atoms with Crippen LogP contribution < -0.4 is 5.32 Å². The van der Waals surface area contributed by atoms with Gasteiger partial charge in [-0.1, -0.05) is 32.0 Å². The molecule has 0 spiro atoms. The molecule has 0 bridgehead atoms. The van der Waals surface area contributed by atoms with Crippen molar-refractivity contribution in [2.75, 3.05) is 5.32 Å². The van der Waals surface area contributed by atoms with E-state index in [9.17, 15) is 4.79 Å². The molecule has 1 N–H and O–H groups in total. The van der Waals surface area contributed by atoms with Crippen molar-refractivity contribution in [3.63, 3.8) is 0 Å². The van der Waals surface area contributed by atoms with E-state index in [2.05, 4.69) is 53.8 Å². The van der Waals surface area contributed by atoms with Gasteiger partial charge in [-0.15, -0.1) is 11.3 Å². The number of para-hydroxylation sites is 1. The van der Waals surface area contributed by atoms with Gasteiger partial charge in [0.2, 0.25) is 5.91 Å². The van der Waals surface area contributed by atoms with Crippen LogP contribution in [-0.4, -0.2) is 10.9 Å². The van der Waals surface area contributed by atoms with Crippen molar-refractivity contribution in [3.8, 4) is 10.6 Å². The van der Waals surface area contributed by atoms with Crippen molar-refractivity contribution in [2.45, 2.75) is 33.1 Å². The predicted molar refractivity (Wildman–Crippen MR) is 103 cm³/mol. The Morgan fingerprint density at radius 3 is 2.50 bits per heavy atom. The van der Waals surface area contributed by atoms with E-state index < -0.39 is 0 Å². The number of amides is 1. The highest BCUT2D eigenvalue weighted by molar-refractivity contribution is 7.14. The first kappa shape index (κ1) is 16.9. The number of benzene rings is 1. The molecule has 0 aliphatic rings. The van der Waals surface area contributed by atoms with Gasteiger partial charge in [0.1, 0.15) is 5.01 Å². The molecule has 3 rings (SSSR count). The molecule has 0 saturated heterocycles. The molecular formula is C19H20N2OS2. The number of anilines is 1. The van der Waals surface area contributed by atoms with Gasteiger partial charge in [-0.2, -0.15) is 11.3 Å². The van der Waals surface area contributed by atoms with Crippen LogP contribution in [0.25, 0.3) is 10.6 Å². The van der Waals surface area contributed by atoms with E-state index >= 15 is 0 Å². The molecule has 0 fully saturated rings. The molecule has 2 aromatic heterocycles. The third-order valence-corrected chi connectivity index (χ3v) is 5.55. The Morgan fingerprint density at radius 2 is 1.88 bits per heavy atom. The van der Waals surface area contributed by atoms with Gasteiger partial charge >= 0.3 is 0 Å². The van der Waals surface area contributed by atoms with Crippen LogP contribution >= 0.6 is 22.7 Å². The van der Waals surface area contributed by atoms with Gasteiger partial charge in [-0.05, 0) is 35.4 Å². The molecule has 0 saturated carbocycles. The fraction of sp³-hybridized carbons (Fsp3) is 0.263. The second-order valence-corrected chi connectivity index (χ2v) is 7.18. The summed E-state index contributed by atoms with van der Waals surface area (Å²) in [4.78, 5) is 17.1. The maximum absolute atomic E-state index is 12.5. The predicted octanol–water partition coefficient (Wildman–Crippen LogP) is 5.18. The Labute approximate surface area is 150 Å². The van der Waals surface area contributed by atoms with E-state index in [-0.39, 0.29) is 5.91 Å². The molecule has 0 unspecified atom stereocenters. The summed E-state index contributed by atoms with van der Waals surface area (Å²) >= 11 is 3.24. The van der Waals surface area contributed by atoms with E-state index in [0.717, 1.165) is 34.8 Å². The summed E-state index contributed by atoms with van der Waals surface area (Å²) in [6, 6.07) is 8.26. The Bertz CT molecular complexity index is 800. The topological polar surface area (TPSA) is 42.0 Å². The number of hydrogen-bond donors (Lipinski definition) is 1. The molecule has 3 aromatic rings. The van der Waals surface area contributed by atoms with Gasteiger partial charge in [-0.3, -0.25) is 4.79 Å². The van der Waals surface area contributed by atoms with E-state index in [1.54, 1.807) is 22.7 Å². The van der Waals surface area contributed by atoms with Crippen molar-refractivity contribution in [1.29, 1.82) is 0 Å². The second-order valence-electron chi connectivity index (χ2n) is 5.54. The number of aromatic nitrogens is 1. The van der Waals surface area contributed by atoms with Gasteiger partial charge in [-0.25, -0.2) is 4.98 Å². The van der Waals surface area contributed by atoms with E-state index in [0.29, 0.717) is 6.42 Å². The van der Waals surface area contributed by atoms with E-state index in [1.165, 1.54) is 11.1 Å². The van der Waals surface area contributed by atoms with E-state index in [1.807, 2.05) is 10.8 Å². The minimum absolute atomic E-state index is 0.00670. The van der Waals surface area contributed by atoms with Gasteiger partial charge in [0.15, 0.2) is 0 Å². The van der Waals surface area contributed by atoms with Crippen molar-refractivity contribution in [2.24, 2.45) is 0 Å². The number of nitrogens with zero attached hydrogens (tertiary/aromatic N) is 1. The molecule has 1 amide bonds. The minimum atomic E-state index is -0.00670. The summed E-state index contributed by atoms with van der Waals surface area (Å²) < 4.78 is 0. The Morgan fingerprint density at radius 1 is 1.12 bits per heavy atom. The Kier molecular flexibility index (Phi) is 5.43. The zero-order valence-corrected chi connectivity index (χ0v) is 15.5. The first-order valence-electron chi connectivity index (χ1n) is 8.08. The molecule has 0 atom stereocenters. The summed E-state index contributed by atoms with van der Waals surface area (Å²) in [5, 5.41) is 10.2. The number of hydrogen-bond acceptors (Lipinski definition) is 4. The highest BCUT2D eigenvalue weighted by atomic mass is 32.1. The fourth-order valence-corrected chi connectivity index (χ4v) is 4.19. The molecule has 3 nitrogen and oxygen atoms in total. The summed E-state index contributed by atoms with van der Waals surface area (Å²) in [7, 11) is 0. The van der Waals surface area contributed by atoms with Crippen LogP contribution in [0.2, 0.25) is 0 Å². The number of thiazole rings is 1. The first-order valence-corrected chi connectivity index (χ1v) is 9.91. The SMILES string of the molecule is CCc1cccc(CC)c1NC(=O)Cc1csc(-c2ccsc2)n1. The third-order valence-electron chi connectivity index (χ3n) is 3.92. The monoisotopic (exact) mass is 356 g/mol. The molecule has 24 heavy (non-hydrogen) atoms. The molecule has 2 heterocycles. The normalized spacial score (nSPS) is 10.8. The minimum Gasteiger partial charge on any atom is -0.325 e. The number of thiophene rings is 1. The third kappa shape index (κ3) is 3.74. The standard InChI is InChI=1S/C19H20N2OS2/c1-3-13-6-5-7-14(4-2)18(13)21-17(22)10-16-12-24-19(20-16)15-8-9-23-11-15/h5-9,11-12H,3-4,10H2,1-2H3,(H,21,22). The van der Waals surface area contributed by atoms with Gasteiger partial charge in [0, 0.05) is 22.0 Å². The molecule has 0 aliphatic carbocycles. The van der Waals surface area contributed by atoms with Gasteiger partial charge in [0.25, 0.3) is 0 Å². The highest BCUT2D eigenvalue weighted by Gasteiger charge is 2.13. The molecule has 5 heteroatoms. The smallest absolute Gasteiger partial charge is 0.230 e. The second kappa shape index (κ2) is 7.73. The van der Waals surface area contributed by atoms with Gasteiger partial charge < -0.3 is 5.32 Å². The van der Waals surface area contributed by atoms with Crippen LogP contribution in [0.15, 0.2) is 40.4 Å². The number of nitrogens with one attached hydrogen (secondary N) is 1. The lowest BCUT2D eigenvalue weighted by Gasteiger charge is -2.14. The van der Waals surface area contributed by atoms with Crippen LogP contribution in [-0.2, 0) is 24.1 Å². The van der Waals surface area contributed by atoms with Crippen LogP contribution in [0.5, 0.6) is 0 Å². The van der Waals surface area contributed by atoms with Crippen LogP contribution in [0.3, 0.4) is 0 Å². The summed E-state index contributed by atoms with van der Waals surface area (Å²) in [5.41, 5.74) is 5.28. The maximum atomic E-state index is 12.5. The molecule has 0 radical (unpaired) electrons. The Balaban J connectivity index is 1.73. The Hall–Kier alpha value is -1.98. The van der Waals surface area contributed by atoms with Crippen molar-refractivity contribution in [1.82, 2.24) is 4.98 Å². The zero-order chi connectivity index (χ0) is 16.9. The molecule has 1 aromatic carbocycles. The summed E-state index contributed by atoms with van der Waals surface area (Å²) in [5.74, 6) is -0.00670. The van der Waals surface area contributed by atoms with Crippen LogP contribution in [0.4, 0.5) is 5.69 Å². The number of carbonyl (C=O) groups excluding carboxylic acids is 1. The average molecular weight is 357 g/mol. The fourth-order valence-electron chi connectivity index (χ4n) is 2.66. The average Bonchev–Trinajstić information content (AvgIpc) is 3.26. The molecule has 0 aliphatic heterocycles. The maximum Gasteiger partial charge on any atom is 0.230 e. The molecule has 124 valence electrons. The number of aryl methyl sites for hydroxylation is 2. The van der Waals surface area contributed by atoms with Crippen LogP contribution in [0, 0.1) is 0 Å². The first-order chi connectivity index (χ1) is 11.7. The van der Waals surface area contributed by atoms with Crippen LogP contribution in [0.1, 0.15) is 30.7 Å². The highest BCUT2D eigenvalue weighted by Crippen LogP contribution is 2.26. The van der Waals surface area contributed by atoms with Crippen molar-refractivity contribution >= 4 is 34.3 Å². The number of rotatable bonds is 6. The zero-order valence-electron chi connectivity index (χ0n) is 13.8. The van der Waals surface area contributed by atoms with E-state index in [4.69, 9.17) is 0 Å². The lowest BCUT2D eigenvalue weighted by atomic mass is 10.0. The van der Waals surface area contributed by atoms with Gasteiger partial charge in [0.05, 0.1) is 12.1 Å². The van der Waals surface area contributed by atoms with Crippen molar-refractivity contribution < 1.29 is 4.79 Å². The lowest BCUT2D eigenvalue weighted by molar-refractivity contribution is -0.115. The number of carbonyl (C=O) groups is 1. The quantitative estimate of drug-likeness (QED) is 0.661. The summed E-state index contributed by atoms with van der Waals surface area (Å²) in [6.07, 6.45) is 2.12. The molecular weight excluding hydrogens is 336 g/mol. The largest absolute Gasteiger partial charge is 0.325 e. The van der Waals surface area contributed by atoms with Crippen molar-refractivity contribution in [3.05, 3.63) is 57.2 Å².